The fourth-order valence-electron chi connectivity index (χ4n) is 4.67. The minimum atomic E-state index is 0.173. The zero-order valence-electron chi connectivity index (χ0n) is 19.6. The van der Waals surface area contributed by atoms with Crippen LogP contribution >= 0.6 is 11.8 Å². The molecule has 0 spiro atoms. The average Bonchev–Trinajstić information content (AvgIpc) is 3.33. The van der Waals surface area contributed by atoms with Crippen molar-refractivity contribution in [3.8, 4) is 5.69 Å². The van der Waals surface area contributed by atoms with Gasteiger partial charge in [-0.3, -0.25) is 14.3 Å². The van der Waals surface area contributed by atoms with Gasteiger partial charge in [-0.2, -0.15) is 0 Å². The average molecular weight is 477 g/mol. The van der Waals surface area contributed by atoms with E-state index in [1.165, 1.54) is 36.6 Å². The highest BCUT2D eigenvalue weighted by Gasteiger charge is 2.24. The number of amides is 1. The first-order chi connectivity index (χ1) is 16.8. The van der Waals surface area contributed by atoms with E-state index in [0.29, 0.717) is 5.75 Å². The summed E-state index contributed by atoms with van der Waals surface area (Å²) in [6.07, 6.45) is 3.63. The second-order valence-electron chi connectivity index (χ2n) is 8.93. The Bertz CT molecular complexity index is 1060. The molecule has 2 fully saturated rings. The van der Waals surface area contributed by atoms with Gasteiger partial charge in [0.15, 0.2) is 5.16 Å². The number of thioether (sulfide) groups is 1. The molecule has 3 heterocycles. The van der Waals surface area contributed by atoms with Crippen LogP contribution in [0.5, 0.6) is 0 Å². The monoisotopic (exact) mass is 476 g/mol. The molecule has 2 aliphatic heterocycles. The minimum Gasteiger partial charge on any atom is -0.341 e. The standard InChI is InChI=1S/C26H32N6OS/c33-24(30-18-16-29(17-19-30)20-22-10-4-1-5-11-22)21-34-26-28-27-25(31-14-8-3-9-15-31)32(26)23-12-6-2-7-13-23/h1-2,4-7,10-13H,3,8-9,14-21H2. The first-order valence-corrected chi connectivity index (χ1v) is 13.2. The third kappa shape index (κ3) is 5.45. The van der Waals surface area contributed by atoms with E-state index < -0.39 is 0 Å². The van der Waals surface area contributed by atoms with E-state index in [9.17, 15) is 4.79 Å². The van der Waals surface area contributed by atoms with Gasteiger partial charge in [-0.25, -0.2) is 0 Å². The highest BCUT2D eigenvalue weighted by Crippen LogP contribution is 2.28. The molecule has 34 heavy (non-hydrogen) atoms. The number of hydrogen-bond acceptors (Lipinski definition) is 6. The van der Waals surface area contributed by atoms with Crippen LogP contribution in [0, 0.1) is 0 Å². The van der Waals surface area contributed by atoms with E-state index in [4.69, 9.17) is 0 Å². The molecule has 0 saturated carbocycles. The minimum absolute atomic E-state index is 0.173. The van der Waals surface area contributed by atoms with Crippen molar-refractivity contribution in [3.63, 3.8) is 0 Å². The lowest BCUT2D eigenvalue weighted by atomic mass is 10.1. The van der Waals surface area contributed by atoms with Gasteiger partial charge in [0.2, 0.25) is 11.9 Å². The predicted molar refractivity (Wildman–Crippen MR) is 136 cm³/mol. The molecule has 0 N–H and O–H groups in total. The third-order valence-electron chi connectivity index (χ3n) is 6.57. The van der Waals surface area contributed by atoms with E-state index in [1.54, 1.807) is 0 Å². The molecule has 0 radical (unpaired) electrons. The van der Waals surface area contributed by atoms with Gasteiger partial charge in [0.05, 0.1) is 11.4 Å². The van der Waals surface area contributed by atoms with Crippen LogP contribution in [-0.4, -0.2) is 75.5 Å². The van der Waals surface area contributed by atoms with Gasteiger partial charge in [0, 0.05) is 45.8 Å². The summed E-state index contributed by atoms with van der Waals surface area (Å²) in [5.74, 6) is 1.44. The number of benzene rings is 2. The maximum Gasteiger partial charge on any atom is 0.233 e. The smallest absolute Gasteiger partial charge is 0.233 e. The lowest BCUT2D eigenvalue weighted by Gasteiger charge is -2.34. The fourth-order valence-corrected chi connectivity index (χ4v) is 5.52. The quantitative estimate of drug-likeness (QED) is 0.485. The van der Waals surface area contributed by atoms with Crippen molar-refractivity contribution < 1.29 is 4.79 Å². The van der Waals surface area contributed by atoms with Crippen molar-refractivity contribution in [1.82, 2.24) is 24.6 Å². The molecule has 0 unspecified atom stereocenters. The molecule has 0 aliphatic carbocycles. The van der Waals surface area contributed by atoms with E-state index in [1.807, 2.05) is 29.2 Å². The molecular weight excluding hydrogens is 444 g/mol. The second-order valence-corrected chi connectivity index (χ2v) is 9.87. The van der Waals surface area contributed by atoms with Crippen LogP contribution < -0.4 is 4.90 Å². The molecule has 7 nitrogen and oxygen atoms in total. The number of rotatable bonds is 7. The number of piperazine rings is 1. The summed E-state index contributed by atoms with van der Waals surface area (Å²) in [5, 5.41) is 9.82. The summed E-state index contributed by atoms with van der Waals surface area (Å²) in [6, 6.07) is 20.8. The van der Waals surface area contributed by atoms with Crippen molar-refractivity contribution >= 4 is 23.6 Å². The molecule has 1 aromatic heterocycles. The zero-order chi connectivity index (χ0) is 23.2. The molecule has 8 heteroatoms. The van der Waals surface area contributed by atoms with Gasteiger partial charge in [-0.1, -0.05) is 60.3 Å². The topological polar surface area (TPSA) is 57.5 Å². The van der Waals surface area contributed by atoms with Crippen molar-refractivity contribution in [2.24, 2.45) is 0 Å². The molecule has 2 saturated heterocycles. The van der Waals surface area contributed by atoms with Gasteiger partial charge in [-0.05, 0) is 37.0 Å². The van der Waals surface area contributed by atoms with Crippen LogP contribution in [0.4, 0.5) is 5.95 Å². The van der Waals surface area contributed by atoms with Gasteiger partial charge >= 0.3 is 0 Å². The molecule has 2 aliphatic rings. The predicted octanol–water partition coefficient (Wildman–Crippen LogP) is 3.69. The van der Waals surface area contributed by atoms with E-state index in [2.05, 4.69) is 61.0 Å². The van der Waals surface area contributed by atoms with E-state index in [0.717, 1.165) is 62.6 Å². The Labute approximate surface area is 205 Å². The Morgan fingerprint density at radius 2 is 1.47 bits per heavy atom. The number of hydrogen-bond donors (Lipinski definition) is 0. The largest absolute Gasteiger partial charge is 0.341 e. The number of aromatic nitrogens is 3. The van der Waals surface area contributed by atoms with Gasteiger partial charge in [0.1, 0.15) is 0 Å². The van der Waals surface area contributed by atoms with Crippen molar-refractivity contribution in [2.45, 2.75) is 31.0 Å². The van der Waals surface area contributed by atoms with Crippen molar-refractivity contribution in [3.05, 3.63) is 66.2 Å². The van der Waals surface area contributed by atoms with Crippen LogP contribution in [0.1, 0.15) is 24.8 Å². The van der Waals surface area contributed by atoms with E-state index in [-0.39, 0.29) is 5.91 Å². The normalized spacial score (nSPS) is 17.2. The Balaban J connectivity index is 1.21. The Morgan fingerprint density at radius 3 is 2.18 bits per heavy atom. The second kappa shape index (κ2) is 11.1. The number of piperidine rings is 1. The van der Waals surface area contributed by atoms with Crippen LogP contribution in [0.25, 0.3) is 5.69 Å². The molecule has 178 valence electrons. The number of carbonyl (C=O) groups is 1. The number of carbonyl (C=O) groups excluding carboxylic acids is 1. The van der Waals surface area contributed by atoms with Crippen molar-refractivity contribution in [1.29, 1.82) is 0 Å². The highest BCUT2D eigenvalue weighted by atomic mass is 32.2. The molecule has 0 atom stereocenters. The zero-order valence-corrected chi connectivity index (χ0v) is 20.4. The highest BCUT2D eigenvalue weighted by molar-refractivity contribution is 7.99. The number of para-hydroxylation sites is 1. The number of nitrogens with zero attached hydrogens (tertiary/aromatic N) is 6. The number of anilines is 1. The van der Waals surface area contributed by atoms with Crippen molar-refractivity contribution in [2.75, 3.05) is 49.9 Å². The first-order valence-electron chi connectivity index (χ1n) is 12.2. The molecule has 5 rings (SSSR count). The fraction of sp³-hybridized carbons (Fsp3) is 0.423. The Morgan fingerprint density at radius 1 is 0.794 bits per heavy atom. The lowest BCUT2D eigenvalue weighted by molar-refractivity contribution is -0.130. The first kappa shape index (κ1) is 22.9. The summed E-state index contributed by atoms with van der Waals surface area (Å²) in [6.45, 7) is 6.31. The molecular formula is C26H32N6OS. The molecule has 2 aromatic carbocycles. The Hall–Kier alpha value is -2.84. The van der Waals surface area contributed by atoms with Gasteiger partial charge < -0.3 is 9.80 Å². The van der Waals surface area contributed by atoms with Crippen LogP contribution in [0.15, 0.2) is 65.8 Å². The summed E-state index contributed by atoms with van der Waals surface area (Å²) in [5.41, 5.74) is 2.36. The van der Waals surface area contributed by atoms with E-state index >= 15 is 0 Å². The van der Waals surface area contributed by atoms with Crippen LogP contribution in [0.2, 0.25) is 0 Å². The van der Waals surface area contributed by atoms with Gasteiger partial charge in [-0.15, -0.1) is 10.2 Å². The van der Waals surface area contributed by atoms with Crippen LogP contribution in [0.3, 0.4) is 0 Å². The third-order valence-corrected chi connectivity index (χ3v) is 7.48. The maximum atomic E-state index is 13.0. The molecule has 1 amide bonds. The lowest BCUT2D eigenvalue weighted by Crippen LogP contribution is -2.48. The molecule has 3 aromatic rings. The molecule has 0 bridgehead atoms. The Kier molecular flexibility index (Phi) is 7.46. The van der Waals surface area contributed by atoms with Gasteiger partial charge in [0.25, 0.3) is 0 Å². The maximum absolute atomic E-state index is 13.0. The summed E-state index contributed by atoms with van der Waals surface area (Å²) < 4.78 is 2.11. The van der Waals surface area contributed by atoms with Crippen LogP contribution in [-0.2, 0) is 11.3 Å². The summed E-state index contributed by atoms with van der Waals surface area (Å²) in [4.78, 5) is 19.7. The summed E-state index contributed by atoms with van der Waals surface area (Å²) in [7, 11) is 0. The summed E-state index contributed by atoms with van der Waals surface area (Å²) >= 11 is 1.49. The SMILES string of the molecule is O=C(CSc1nnc(N2CCCCC2)n1-c1ccccc1)N1CCN(Cc2ccccc2)CC1.